The van der Waals surface area contributed by atoms with Crippen molar-refractivity contribution in [3.05, 3.63) is 44.2 Å². The van der Waals surface area contributed by atoms with E-state index in [0.717, 1.165) is 12.8 Å². The molecule has 31 heavy (non-hydrogen) atoms. The number of aryl methyl sites for hydroxylation is 1. The first-order valence-electron chi connectivity index (χ1n) is 9.32. The number of aromatic nitrogens is 2. The van der Waals surface area contributed by atoms with Gasteiger partial charge in [0.1, 0.15) is 5.75 Å². The van der Waals surface area contributed by atoms with E-state index in [1.54, 1.807) is 0 Å². The predicted octanol–water partition coefficient (Wildman–Crippen LogP) is 4.84. The van der Waals surface area contributed by atoms with E-state index in [1.165, 1.54) is 30.0 Å². The largest absolute Gasteiger partial charge is 0.494 e. The lowest BCUT2D eigenvalue weighted by molar-refractivity contribution is -0.384. The van der Waals surface area contributed by atoms with Crippen LogP contribution >= 0.6 is 28.1 Å². The lowest BCUT2D eigenvalue weighted by Crippen LogP contribution is -2.30. The number of ether oxygens (including phenoxy) is 1. The molecular weight excluding hydrogens is 503 g/mol. The van der Waals surface area contributed by atoms with Crippen molar-refractivity contribution in [2.75, 3.05) is 19.0 Å². The van der Waals surface area contributed by atoms with Crippen LogP contribution in [0, 0.1) is 10.1 Å². The number of non-ortho nitro benzene ring substituents is 1. The molecule has 0 atom stereocenters. The van der Waals surface area contributed by atoms with Crippen LogP contribution in [0.2, 0.25) is 0 Å². The normalized spacial score (nSPS) is 13.7. The second kappa shape index (κ2) is 9.39. The van der Waals surface area contributed by atoms with Gasteiger partial charge in [-0.3, -0.25) is 14.8 Å². The molecule has 3 rings (SSSR count). The van der Waals surface area contributed by atoms with Gasteiger partial charge in [-0.15, -0.1) is 0 Å². The summed E-state index contributed by atoms with van der Waals surface area (Å²) in [6.07, 6.45) is -2.32. The van der Waals surface area contributed by atoms with Gasteiger partial charge in [0.05, 0.1) is 34.0 Å². The summed E-state index contributed by atoms with van der Waals surface area (Å²) in [5.74, 6) is 0.358. The number of hydrogen-bond acceptors (Lipinski definition) is 5. The highest BCUT2D eigenvalue weighted by atomic mass is 79.9. The Morgan fingerprint density at radius 3 is 2.74 bits per heavy atom. The van der Waals surface area contributed by atoms with E-state index in [9.17, 15) is 23.3 Å². The lowest BCUT2D eigenvalue weighted by atomic mass is 10.2. The minimum absolute atomic E-state index is 0.0258. The summed E-state index contributed by atoms with van der Waals surface area (Å²) >= 11 is 8.29. The van der Waals surface area contributed by atoms with Crippen molar-refractivity contribution >= 4 is 44.6 Å². The van der Waals surface area contributed by atoms with Crippen LogP contribution in [0.3, 0.4) is 0 Å². The molecule has 1 saturated carbocycles. The lowest BCUT2D eigenvalue weighted by Gasteiger charge is -2.13. The Balaban J connectivity index is 1.56. The van der Waals surface area contributed by atoms with Crippen LogP contribution in [0.1, 0.15) is 36.6 Å². The SMILES string of the molecule is COc1cc([N+](=O)[O-])ccc1NC(=S)NCCCn1nc(C(F)(F)F)c(Br)c1C1CC1. The molecule has 0 bridgehead atoms. The highest BCUT2D eigenvalue weighted by molar-refractivity contribution is 9.10. The maximum absolute atomic E-state index is 13.2. The minimum Gasteiger partial charge on any atom is -0.494 e. The Hall–Kier alpha value is -2.41. The van der Waals surface area contributed by atoms with Crippen molar-refractivity contribution in [3.8, 4) is 5.75 Å². The molecule has 2 aromatic rings. The molecule has 13 heteroatoms. The number of nitro benzene ring substituents is 1. The predicted molar refractivity (Wildman–Crippen MR) is 115 cm³/mol. The molecule has 0 spiro atoms. The van der Waals surface area contributed by atoms with Crippen LogP contribution in [-0.4, -0.2) is 33.5 Å². The number of nitro groups is 1. The average Bonchev–Trinajstić information content (AvgIpc) is 3.47. The van der Waals surface area contributed by atoms with Crippen LogP contribution in [-0.2, 0) is 12.7 Å². The zero-order chi connectivity index (χ0) is 22.8. The number of anilines is 1. The maximum Gasteiger partial charge on any atom is 0.436 e. The number of halogens is 4. The van der Waals surface area contributed by atoms with Crippen molar-refractivity contribution in [2.24, 2.45) is 0 Å². The number of nitrogens with one attached hydrogen (secondary N) is 2. The summed E-state index contributed by atoms with van der Waals surface area (Å²) < 4.78 is 46.1. The monoisotopic (exact) mass is 521 g/mol. The molecule has 1 aromatic heterocycles. The van der Waals surface area contributed by atoms with E-state index in [0.29, 0.717) is 30.9 Å². The van der Waals surface area contributed by atoms with Crippen LogP contribution in [0.4, 0.5) is 24.5 Å². The van der Waals surface area contributed by atoms with Gasteiger partial charge in [0, 0.05) is 25.1 Å². The molecule has 168 valence electrons. The first-order chi connectivity index (χ1) is 14.6. The third-order valence-electron chi connectivity index (χ3n) is 4.64. The molecule has 0 amide bonds. The molecule has 0 aliphatic heterocycles. The first kappa shape index (κ1) is 23.3. The Morgan fingerprint density at radius 2 is 2.16 bits per heavy atom. The molecular formula is C18H19BrF3N5O3S. The highest BCUT2D eigenvalue weighted by Crippen LogP contribution is 2.47. The van der Waals surface area contributed by atoms with E-state index in [4.69, 9.17) is 17.0 Å². The van der Waals surface area contributed by atoms with E-state index in [1.807, 2.05) is 0 Å². The van der Waals surface area contributed by atoms with Gasteiger partial charge in [-0.25, -0.2) is 0 Å². The Bertz CT molecular complexity index is 995. The zero-order valence-electron chi connectivity index (χ0n) is 16.3. The number of alkyl halides is 3. The van der Waals surface area contributed by atoms with Gasteiger partial charge in [0.2, 0.25) is 0 Å². The van der Waals surface area contributed by atoms with Gasteiger partial charge in [0.25, 0.3) is 5.69 Å². The Labute approximate surface area is 189 Å². The van der Waals surface area contributed by atoms with Gasteiger partial charge >= 0.3 is 6.18 Å². The van der Waals surface area contributed by atoms with Crippen LogP contribution in [0.5, 0.6) is 5.75 Å². The average molecular weight is 522 g/mol. The van der Waals surface area contributed by atoms with Crippen LogP contribution in [0.15, 0.2) is 22.7 Å². The molecule has 1 aliphatic carbocycles. The van der Waals surface area contributed by atoms with Gasteiger partial charge in [-0.2, -0.15) is 18.3 Å². The third-order valence-corrected chi connectivity index (χ3v) is 5.67. The van der Waals surface area contributed by atoms with Crippen molar-refractivity contribution in [3.63, 3.8) is 0 Å². The van der Waals surface area contributed by atoms with Gasteiger partial charge in [-0.1, -0.05) is 0 Å². The fourth-order valence-corrected chi connectivity index (χ4v) is 4.09. The smallest absolute Gasteiger partial charge is 0.436 e. The molecule has 8 nitrogen and oxygen atoms in total. The molecule has 0 radical (unpaired) electrons. The number of thiocarbonyl (C=S) groups is 1. The summed E-state index contributed by atoms with van der Waals surface area (Å²) in [6.45, 7) is 0.695. The maximum atomic E-state index is 13.2. The van der Waals surface area contributed by atoms with E-state index < -0.39 is 16.8 Å². The quantitative estimate of drug-likeness (QED) is 0.222. The summed E-state index contributed by atoms with van der Waals surface area (Å²) in [7, 11) is 1.38. The van der Waals surface area contributed by atoms with Crippen molar-refractivity contribution in [1.82, 2.24) is 15.1 Å². The molecule has 0 saturated heterocycles. The molecule has 1 aromatic carbocycles. The summed E-state index contributed by atoms with van der Waals surface area (Å²) in [4.78, 5) is 10.3. The highest BCUT2D eigenvalue weighted by Gasteiger charge is 2.41. The summed E-state index contributed by atoms with van der Waals surface area (Å²) in [5, 5.41) is 20.7. The van der Waals surface area contributed by atoms with Crippen molar-refractivity contribution in [1.29, 1.82) is 0 Å². The topological polar surface area (TPSA) is 94.3 Å². The molecule has 0 unspecified atom stereocenters. The van der Waals surface area contributed by atoms with Crippen LogP contribution in [0.25, 0.3) is 0 Å². The molecule has 2 N–H and O–H groups in total. The Kier molecular flexibility index (Phi) is 7.04. The number of hydrogen-bond donors (Lipinski definition) is 2. The molecule has 1 aliphatic rings. The minimum atomic E-state index is -4.51. The van der Waals surface area contributed by atoms with Crippen molar-refractivity contribution < 1.29 is 22.8 Å². The zero-order valence-corrected chi connectivity index (χ0v) is 18.7. The Morgan fingerprint density at radius 1 is 1.45 bits per heavy atom. The van der Waals surface area contributed by atoms with Gasteiger partial charge < -0.3 is 15.4 Å². The van der Waals surface area contributed by atoms with Crippen LogP contribution < -0.4 is 15.4 Å². The summed E-state index contributed by atoms with van der Waals surface area (Å²) in [6, 6.07) is 4.08. The molecule has 1 heterocycles. The number of methoxy groups -OCH3 is 1. The van der Waals surface area contributed by atoms with Gasteiger partial charge in [-0.05, 0) is 53.5 Å². The fraction of sp³-hybridized carbons (Fsp3) is 0.444. The van der Waals surface area contributed by atoms with Crippen molar-refractivity contribution in [2.45, 2.75) is 37.9 Å². The first-order valence-corrected chi connectivity index (χ1v) is 10.5. The third kappa shape index (κ3) is 5.64. The standard InChI is InChI=1S/C18H19BrF3N5O3S/c1-30-13-9-11(27(28)29)5-6-12(13)24-17(31)23-7-2-8-26-15(10-3-4-10)14(19)16(25-26)18(20,21)22/h5-6,9-10H,2-4,7-8H2,1H3,(H2,23,24,31). The van der Waals surface area contributed by atoms with E-state index >= 15 is 0 Å². The number of benzene rings is 1. The van der Waals surface area contributed by atoms with E-state index in [2.05, 4.69) is 31.7 Å². The summed E-state index contributed by atoms with van der Waals surface area (Å²) in [5.41, 5.74) is 0.0252. The number of rotatable bonds is 8. The fourth-order valence-electron chi connectivity index (χ4n) is 3.05. The van der Waals surface area contributed by atoms with Gasteiger partial charge in [0.15, 0.2) is 10.8 Å². The number of nitrogens with zero attached hydrogens (tertiary/aromatic N) is 3. The van der Waals surface area contributed by atoms with E-state index in [-0.39, 0.29) is 26.9 Å². The second-order valence-corrected chi connectivity index (χ2v) is 8.12. The molecule has 1 fully saturated rings. The second-order valence-electron chi connectivity index (χ2n) is 6.92.